The van der Waals surface area contributed by atoms with Crippen molar-refractivity contribution < 1.29 is 19.4 Å². The summed E-state index contributed by atoms with van der Waals surface area (Å²) in [6, 6.07) is 0. The van der Waals surface area contributed by atoms with Crippen LogP contribution in [0.25, 0.3) is 0 Å². The Morgan fingerprint density at radius 2 is 2.27 bits per heavy atom. The number of piperidine rings is 1. The van der Waals surface area contributed by atoms with Gasteiger partial charge in [-0.1, -0.05) is 0 Å². The zero-order chi connectivity index (χ0) is 11.3. The predicted molar refractivity (Wildman–Crippen MR) is 53.6 cm³/mol. The molecule has 5 nitrogen and oxygen atoms in total. The SMILES string of the molecule is CCOC(=O)CC1CCCN(C(=O)O)C1. The molecule has 1 aliphatic rings. The molecule has 1 amide bonds. The monoisotopic (exact) mass is 215 g/mol. The normalized spacial score (nSPS) is 21.1. The third-order valence-electron chi connectivity index (χ3n) is 2.55. The standard InChI is InChI=1S/C10H17NO4/c1-2-15-9(12)6-8-4-3-5-11(7-8)10(13)14/h8H,2-7H2,1H3,(H,13,14). The van der Waals surface area contributed by atoms with E-state index in [-0.39, 0.29) is 11.9 Å². The molecule has 1 saturated heterocycles. The zero-order valence-corrected chi connectivity index (χ0v) is 8.94. The molecule has 1 fully saturated rings. The Hall–Kier alpha value is -1.26. The Kier molecular flexibility index (Phi) is 4.39. The molecule has 5 heteroatoms. The first-order chi connectivity index (χ1) is 7.13. The molecule has 0 aromatic heterocycles. The zero-order valence-electron chi connectivity index (χ0n) is 8.94. The number of esters is 1. The summed E-state index contributed by atoms with van der Waals surface area (Å²) in [5.41, 5.74) is 0. The molecular weight excluding hydrogens is 198 g/mol. The Balaban J connectivity index is 2.36. The van der Waals surface area contributed by atoms with Crippen LogP contribution in [0.1, 0.15) is 26.2 Å². The average molecular weight is 215 g/mol. The van der Waals surface area contributed by atoms with Gasteiger partial charge >= 0.3 is 12.1 Å². The van der Waals surface area contributed by atoms with Gasteiger partial charge in [0.25, 0.3) is 0 Å². The van der Waals surface area contributed by atoms with Gasteiger partial charge in [0, 0.05) is 13.1 Å². The van der Waals surface area contributed by atoms with E-state index in [1.54, 1.807) is 6.92 Å². The van der Waals surface area contributed by atoms with Crippen LogP contribution < -0.4 is 0 Å². The number of carbonyl (C=O) groups is 2. The second-order valence-corrected chi connectivity index (χ2v) is 3.75. The van der Waals surface area contributed by atoms with Crippen LogP contribution in [0, 0.1) is 5.92 Å². The smallest absolute Gasteiger partial charge is 0.407 e. The van der Waals surface area contributed by atoms with Crippen molar-refractivity contribution in [3.63, 3.8) is 0 Å². The molecule has 0 aliphatic carbocycles. The van der Waals surface area contributed by atoms with Crippen molar-refractivity contribution in [2.75, 3.05) is 19.7 Å². The third-order valence-corrected chi connectivity index (χ3v) is 2.55. The van der Waals surface area contributed by atoms with Crippen LogP contribution >= 0.6 is 0 Å². The van der Waals surface area contributed by atoms with E-state index in [9.17, 15) is 9.59 Å². The van der Waals surface area contributed by atoms with Gasteiger partial charge in [-0.25, -0.2) is 4.79 Å². The van der Waals surface area contributed by atoms with E-state index in [2.05, 4.69) is 0 Å². The molecule has 1 rings (SSSR count). The molecule has 0 aromatic rings. The van der Waals surface area contributed by atoms with Gasteiger partial charge in [-0.2, -0.15) is 0 Å². The lowest BCUT2D eigenvalue weighted by Crippen LogP contribution is -2.39. The lowest BCUT2D eigenvalue weighted by molar-refractivity contribution is -0.144. The minimum Gasteiger partial charge on any atom is -0.466 e. The number of amides is 1. The van der Waals surface area contributed by atoms with Crippen molar-refractivity contribution in [3.8, 4) is 0 Å². The van der Waals surface area contributed by atoms with Crippen molar-refractivity contribution in [2.24, 2.45) is 5.92 Å². The number of hydrogen-bond acceptors (Lipinski definition) is 3. The maximum atomic E-state index is 11.2. The van der Waals surface area contributed by atoms with Crippen LogP contribution in [0.15, 0.2) is 0 Å². The van der Waals surface area contributed by atoms with Gasteiger partial charge in [0.2, 0.25) is 0 Å². The fraction of sp³-hybridized carbons (Fsp3) is 0.800. The summed E-state index contributed by atoms with van der Waals surface area (Å²) in [7, 11) is 0. The molecule has 0 aromatic carbocycles. The van der Waals surface area contributed by atoms with Crippen molar-refractivity contribution >= 4 is 12.1 Å². The molecule has 1 heterocycles. The number of likely N-dealkylation sites (tertiary alicyclic amines) is 1. The molecule has 0 saturated carbocycles. The highest BCUT2D eigenvalue weighted by Gasteiger charge is 2.25. The fourth-order valence-electron chi connectivity index (χ4n) is 1.86. The molecule has 0 spiro atoms. The first-order valence-electron chi connectivity index (χ1n) is 5.27. The van der Waals surface area contributed by atoms with Gasteiger partial charge in [-0.15, -0.1) is 0 Å². The minimum absolute atomic E-state index is 0.119. The van der Waals surface area contributed by atoms with Crippen LogP contribution in [-0.2, 0) is 9.53 Å². The lowest BCUT2D eigenvalue weighted by atomic mass is 9.95. The molecule has 1 N–H and O–H groups in total. The highest BCUT2D eigenvalue weighted by molar-refractivity contribution is 5.70. The molecule has 86 valence electrons. The molecule has 1 atom stereocenters. The second-order valence-electron chi connectivity index (χ2n) is 3.75. The third kappa shape index (κ3) is 3.77. The summed E-state index contributed by atoms with van der Waals surface area (Å²) in [5.74, 6) is -0.108. The maximum Gasteiger partial charge on any atom is 0.407 e. The number of hydrogen-bond donors (Lipinski definition) is 1. The van der Waals surface area contributed by atoms with E-state index in [1.165, 1.54) is 4.90 Å². The van der Waals surface area contributed by atoms with Crippen LogP contribution in [-0.4, -0.2) is 41.8 Å². The first-order valence-corrected chi connectivity index (χ1v) is 5.27. The van der Waals surface area contributed by atoms with E-state index in [0.29, 0.717) is 26.1 Å². The molecule has 1 unspecified atom stereocenters. The number of carbonyl (C=O) groups excluding carboxylic acids is 1. The van der Waals surface area contributed by atoms with Gasteiger partial charge in [0.15, 0.2) is 0 Å². The van der Waals surface area contributed by atoms with Gasteiger partial charge in [0.1, 0.15) is 0 Å². The summed E-state index contributed by atoms with van der Waals surface area (Å²) in [4.78, 5) is 23.3. The summed E-state index contributed by atoms with van der Waals surface area (Å²) < 4.78 is 4.84. The van der Waals surface area contributed by atoms with Crippen LogP contribution in [0.3, 0.4) is 0 Å². The van der Waals surface area contributed by atoms with Crippen LogP contribution in [0.4, 0.5) is 4.79 Å². The van der Waals surface area contributed by atoms with Crippen molar-refractivity contribution in [2.45, 2.75) is 26.2 Å². The quantitative estimate of drug-likeness (QED) is 0.721. The number of carboxylic acid groups (broad SMARTS) is 1. The largest absolute Gasteiger partial charge is 0.466 e. The van der Waals surface area contributed by atoms with Crippen LogP contribution in [0.5, 0.6) is 0 Å². The average Bonchev–Trinajstić information content (AvgIpc) is 2.18. The predicted octanol–water partition coefficient (Wildman–Crippen LogP) is 1.33. The van der Waals surface area contributed by atoms with Crippen molar-refractivity contribution in [1.82, 2.24) is 4.90 Å². The molecule has 0 bridgehead atoms. The summed E-state index contributed by atoms with van der Waals surface area (Å²) >= 11 is 0. The van der Waals surface area contributed by atoms with E-state index < -0.39 is 6.09 Å². The van der Waals surface area contributed by atoms with Gasteiger partial charge in [-0.05, 0) is 25.7 Å². The lowest BCUT2D eigenvalue weighted by Gasteiger charge is -2.30. The van der Waals surface area contributed by atoms with Crippen molar-refractivity contribution in [3.05, 3.63) is 0 Å². The minimum atomic E-state index is -0.899. The number of ether oxygens (including phenoxy) is 1. The molecule has 1 aliphatic heterocycles. The maximum absolute atomic E-state index is 11.2. The fourth-order valence-corrected chi connectivity index (χ4v) is 1.86. The summed E-state index contributed by atoms with van der Waals surface area (Å²) in [5, 5.41) is 8.80. The van der Waals surface area contributed by atoms with Gasteiger partial charge in [0.05, 0.1) is 13.0 Å². The van der Waals surface area contributed by atoms with E-state index in [4.69, 9.17) is 9.84 Å². The van der Waals surface area contributed by atoms with Crippen LogP contribution in [0.2, 0.25) is 0 Å². The Labute approximate surface area is 89.0 Å². The molecular formula is C10H17NO4. The molecule has 0 radical (unpaired) electrons. The van der Waals surface area contributed by atoms with Crippen molar-refractivity contribution in [1.29, 1.82) is 0 Å². The molecule has 15 heavy (non-hydrogen) atoms. The van der Waals surface area contributed by atoms with Gasteiger partial charge < -0.3 is 14.7 Å². The number of rotatable bonds is 3. The van der Waals surface area contributed by atoms with E-state index >= 15 is 0 Å². The topological polar surface area (TPSA) is 66.8 Å². The highest BCUT2D eigenvalue weighted by Crippen LogP contribution is 2.19. The van der Waals surface area contributed by atoms with Gasteiger partial charge in [-0.3, -0.25) is 4.79 Å². The summed E-state index contributed by atoms with van der Waals surface area (Å²) in [6.45, 7) is 3.18. The Morgan fingerprint density at radius 1 is 1.53 bits per heavy atom. The second kappa shape index (κ2) is 5.58. The summed E-state index contributed by atoms with van der Waals surface area (Å²) in [6.07, 6.45) is 1.17. The highest BCUT2D eigenvalue weighted by atomic mass is 16.5. The first kappa shape index (κ1) is 11.8. The Bertz CT molecular complexity index is 242. The Morgan fingerprint density at radius 3 is 2.87 bits per heavy atom. The van der Waals surface area contributed by atoms with E-state index in [0.717, 1.165) is 12.8 Å². The van der Waals surface area contributed by atoms with E-state index in [1.807, 2.05) is 0 Å². The number of nitrogens with zero attached hydrogens (tertiary/aromatic N) is 1.